The fourth-order valence-corrected chi connectivity index (χ4v) is 2.69. The number of hydrogen-bond acceptors (Lipinski definition) is 6. The normalized spacial score (nSPS) is 15.1. The van der Waals surface area contributed by atoms with Gasteiger partial charge in [-0.25, -0.2) is 4.98 Å². The van der Waals surface area contributed by atoms with Crippen molar-refractivity contribution in [3.8, 4) is 23.1 Å². The molecule has 0 atom stereocenters. The van der Waals surface area contributed by atoms with Crippen LogP contribution in [0, 0.1) is 11.3 Å². The van der Waals surface area contributed by atoms with Gasteiger partial charge in [0.25, 0.3) is 5.56 Å². The minimum absolute atomic E-state index is 0.0260. The quantitative estimate of drug-likeness (QED) is 0.908. The van der Waals surface area contributed by atoms with E-state index < -0.39 is 5.56 Å². The molecular formula is C17H19N5O2. The standard InChI is InChI=1S/C17H19N5O2/c1-21-7-9-22(10-8-21)17-19-15(14(11-18)16(23)20-17)12-3-5-13(24-2)6-4-12/h3-6H,7-10H2,1-2H3,(H,19,20,23). The van der Waals surface area contributed by atoms with Gasteiger partial charge >= 0.3 is 0 Å². The highest BCUT2D eigenvalue weighted by atomic mass is 16.5. The number of aromatic amines is 1. The van der Waals surface area contributed by atoms with Crippen molar-refractivity contribution in [1.82, 2.24) is 14.9 Å². The highest BCUT2D eigenvalue weighted by Gasteiger charge is 2.20. The van der Waals surface area contributed by atoms with E-state index in [4.69, 9.17) is 4.74 Å². The van der Waals surface area contributed by atoms with Crippen molar-refractivity contribution in [2.45, 2.75) is 0 Å². The molecule has 0 saturated carbocycles. The molecule has 1 aromatic carbocycles. The van der Waals surface area contributed by atoms with Gasteiger partial charge in [0.2, 0.25) is 5.95 Å². The minimum atomic E-state index is -0.410. The Hall–Kier alpha value is -2.85. The Bertz CT molecular complexity index is 814. The number of nitriles is 1. The van der Waals surface area contributed by atoms with Gasteiger partial charge in [0.05, 0.1) is 12.8 Å². The Labute approximate surface area is 140 Å². The van der Waals surface area contributed by atoms with E-state index in [9.17, 15) is 10.1 Å². The summed E-state index contributed by atoms with van der Waals surface area (Å²) < 4.78 is 5.15. The largest absolute Gasteiger partial charge is 0.497 e. The average Bonchev–Trinajstić information content (AvgIpc) is 2.61. The number of ether oxygens (including phenoxy) is 1. The predicted octanol–water partition coefficient (Wildman–Crippen LogP) is 1.07. The number of nitrogens with zero attached hydrogens (tertiary/aromatic N) is 4. The number of hydrogen-bond donors (Lipinski definition) is 1. The molecular weight excluding hydrogens is 306 g/mol. The van der Waals surface area contributed by atoms with Gasteiger partial charge in [0, 0.05) is 31.7 Å². The summed E-state index contributed by atoms with van der Waals surface area (Å²) in [5, 5.41) is 9.34. The molecule has 1 aromatic heterocycles. The molecule has 7 heteroatoms. The van der Waals surface area contributed by atoms with E-state index in [1.165, 1.54) is 0 Å². The first kappa shape index (κ1) is 16.0. The summed E-state index contributed by atoms with van der Waals surface area (Å²) in [4.78, 5) is 23.9. The molecule has 0 spiro atoms. The summed E-state index contributed by atoms with van der Waals surface area (Å²) in [5.74, 6) is 1.22. The van der Waals surface area contributed by atoms with Gasteiger partial charge in [-0.3, -0.25) is 9.78 Å². The third-order valence-electron chi connectivity index (χ3n) is 4.18. The lowest BCUT2D eigenvalue weighted by atomic mass is 10.1. The molecule has 2 heterocycles. The van der Waals surface area contributed by atoms with Crippen LogP contribution in [0.15, 0.2) is 29.1 Å². The number of rotatable bonds is 3. The van der Waals surface area contributed by atoms with Crippen LogP contribution in [0.4, 0.5) is 5.95 Å². The maximum atomic E-state index is 12.3. The van der Waals surface area contributed by atoms with Gasteiger partial charge < -0.3 is 14.5 Å². The second-order valence-electron chi connectivity index (χ2n) is 5.74. The second kappa shape index (κ2) is 6.72. The van der Waals surface area contributed by atoms with Crippen molar-refractivity contribution in [3.05, 3.63) is 40.2 Å². The van der Waals surface area contributed by atoms with Crippen molar-refractivity contribution >= 4 is 5.95 Å². The Balaban J connectivity index is 2.03. The third kappa shape index (κ3) is 3.09. The number of anilines is 1. The van der Waals surface area contributed by atoms with Crippen LogP contribution in [-0.2, 0) is 0 Å². The molecule has 1 aliphatic rings. The summed E-state index contributed by atoms with van der Waals surface area (Å²) in [6, 6.07) is 9.14. The van der Waals surface area contributed by atoms with Gasteiger partial charge in [0.1, 0.15) is 17.4 Å². The van der Waals surface area contributed by atoms with Crippen LogP contribution in [0.25, 0.3) is 11.3 Å². The summed E-state index contributed by atoms with van der Waals surface area (Å²) >= 11 is 0. The van der Waals surface area contributed by atoms with Crippen molar-refractivity contribution < 1.29 is 4.74 Å². The Kier molecular flexibility index (Phi) is 4.49. The molecule has 1 fully saturated rings. The molecule has 1 saturated heterocycles. The summed E-state index contributed by atoms with van der Waals surface area (Å²) in [6.45, 7) is 3.38. The van der Waals surface area contributed by atoms with Gasteiger partial charge in [-0.05, 0) is 31.3 Å². The molecule has 1 N–H and O–H groups in total. The fraction of sp³-hybridized carbons (Fsp3) is 0.353. The lowest BCUT2D eigenvalue weighted by Crippen LogP contribution is -2.45. The number of nitrogens with one attached hydrogen (secondary N) is 1. The van der Waals surface area contributed by atoms with E-state index in [0.29, 0.717) is 23.0 Å². The van der Waals surface area contributed by atoms with Crippen molar-refractivity contribution in [3.63, 3.8) is 0 Å². The first-order chi connectivity index (χ1) is 11.6. The molecule has 0 radical (unpaired) electrons. The number of methoxy groups -OCH3 is 1. The van der Waals surface area contributed by atoms with Crippen LogP contribution < -0.4 is 15.2 Å². The highest BCUT2D eigenvalue weighted by Crippen LogP contribution is 2.24. The monoisotopic (exact) mass is 325 g/mol. The van der Waals surface area contributed by atoms with Crippen LogP contribution >= 0.6 is 0 Å². The number of aromatic nitrogens is 2. The molecule has 1 aliphatic heterocycles. The lowest BCUT2D eigenvalue weighted by molar-refractivity contribution is 0.311. The fourth-order valence-electron chi connectivity index (χ4n) is 2.69. The Morgan fingerprint density at radius 1 is 1.21 bits per heavy atom. The van der Waals surface area contributed by atoms with Crippen LogP contribution in [0.2, 0.25) is 0 Å². The van der Waals surface area contributed by atoms with Gasteiger partial charge in [-0.2, -0.15) is 5.26 Å². The first-order valence-corrected chi connectivity index (χ1v) is 7.74. The van der Waals surface area contributed by atoms with Gasteiger partial charge in [0.15, 0.2) is 0 Å². The molecule has 24 heavy (non-hydrogen) atoms. The Morgan fingerprint density at radius 2 is 1.88 bits per heavy atom. The van der Waals surface area contributed by atoms with Crippen LogP contribution in [0.3, 0.4) is 0 Å². The molecule has 0 aliphatic carbocycles. The van der Waals surface area contributed by atoms with E-state index in [1.54, 1.807) is 31.4 Å². The topological polar surface area (TPSA) is 85.2 Å². The van der Waals surface area contributed by atoms with Crippen LogP contribution in [0.1, 0.15) is 5.56 Å². The van der Waals surface area contributed by atoms with E-state index in [0.717, 1.165) is 26.2 Å². The number of benzene rings is 1. The first-order valence-electron chi connectivity index (χ1n) is 7.74. The summed E-state index contributed by atoms with van der Waals surface area (Å²) in [7, 11) is 3.65. The maximum Gasteiger partial charge on any atom is 0.270 e. The molecule has 2 aromatic rings. The summed E-state index contributed by atoms with van der Waals surface area (Å²) in [6.07, 6.45) is 0. The second-order valence-corrected chi connectivity index (χ2v) is 5.74. The molecule has 7 nitrogen and oxygen atoms in total. The minimum Gasteiger partial charge on any atom is -0.497 e. The smallest absolute Gasteiger partial charge is 0.270 e. The van der Waals surface area contributed by atoms with Crippen LogP contribution in [0.5, 0.6) is 5.75 Å². The van der Waals surface area contributed by atoms with Crippen LogP contribution in [-0.4, -0.2) is 55.2 Å². The SMILES string of the molecule is COc1ccc(-c2nc(N3CCN(C)CC3)[nH]c(=O)c2C#N)cc1. The Morgan fingerprint density at radius 3 is 2.46 bits per heavy atom. The van der Waals surface area contributed by atoms with E-state index >= 15 is 0 Å². The van der Waals surface area contributed by atoms with Crippen molar-refractivity contribution in [2.24, 2.45) is 0 Å². The number of H-pyrrole nitrogens is 1. The highest BCUT2D eigenvalue weighted by molar-refractivity contribution is 5.67. The van der Waals surface area contributed by atoms with E-state index in [-0.39, 0.29) is 5.56 Å². The summed E-state index contributed by atoms with van der Waals surface area (Å²) in [5.41, 5.74) is 0.733. The zero-order chi connectivity index (χ0) is 17.1. The van der Waals surface area contributed by atoms with Gasteiger partial charge in [-0.15, -0.1) is 0 Å². The van der Waals surface area contributed by atoms with E-state index in [2.05, 4.69) is 21.9 Å². The number of piperazine rings is 1. The molecule has 124 valence electrons. The molecule has 0 bridgehead atoms. The lowest BCUT2D eigenvalue weighted by Gasteiger charge is -2.32. The zero-order valence-electron chi connectivity index (χ0n) is 13.7. The van der Waals surface area contributed by atoms with Crippen molar-refractivity contribution in [1.29, 1.82) is 5.26 Å². The molecule has 3 rings (SSSR count). The predicted molar refractivity (Wildman–Crippen MR) is 91.3 cm³/mol. The van der Waals surface area contributed by atoms with Gasteiger partial charge in [-0.1, -0.05) is 0 Å². The van der Waals surface area contributed by atoms with E-state index in [1.807, 2.05) is 11.0 Å². The number of likely N-dealkylation sites (N-methyl/N-ethyl adjacent to an activating group) is 1. The molecule has 0 amide bonds. The third-order valence-corrected chi connectivity index (χ3v) is 4.18. The van der Waals surface area contributed by atoms with Crippen molar-refractivity contribution in [2.75, 3.05) is 45.2 Å². The maximum absolute atomic E-state index is 12.3. The average molecular weight is 325 g/mol. The molecule has 0 unspecified atom stereocenters. The zero-order valence-corrected chi connectivity index (χ0v) is 13.7.